The highest BCUT2D eigenvalue weighted by Crippen LogP contribution is 2.45. The summed E-state index contributed by atoms with van der Waals surface area (Å²) in [5.74, 6) is 1.96. The molecule has 0 unspecified atom stereocenters. The molecule has 1 N–H and O–H groups in total. The van der Waals surface area contributed by atoms with Crippen LogP contribution in [0.4, 0.5) is 16.6 Å². The van der Waals surface area contributed by atoms with E-state index in [9.17, 15) is 4.79 Å². The van der Waals surface area contributed by atoms with Crippen molar-refractivity contribution in [1.82, 2.24) is 0 Å². The van der Waals surface area contributed by atoms with Crippen molar-refractivity contribution in [2.45, 2.75) is 53.9 Å². The number of amides is 1. The second-order valence-electron chi connectivity index (χ2n) is 10.1. The number of benzene rings is 1. The first-order valence-corrected chi connectivity index (χ1v) is 13.5. The van der Waals surface area contributed by atoms with Crippen LogP contribution in [0, 0.1) is 11.3 Å². The molecule has 0 saturated heterocycles. The third kappa shape index (κ3) is 5.81. The number of nitrogens with one attached hydrogen (secondary N) is 1. The minimum atomic E-state index is -0.130. The first kappa shape index (κ1) is 25.5. The lowest BCUT2D eigenvalue weighted by molar-refractivity contribution is 0.102. The normalized spacial score (nSPS) is 15.9. The van der Waals surface area contributed by atoms with Gasteiger partial charge in [0, 0.05) is 34.7 Å². The second kappa shape index (κ2) is 10.6. The first-order valence-electron chi connectivity index (χ1n) is 12.3. The van der Waals surface area contributed by atoms with Gasteiger partial charge in [0.2, 0.25) is 0 Å². The number of fused-ring (bicyclic) bond motifs is 1. The van der Waals surface area contributed by atoms with Crippen LogP contribution in [0.25, 0.3) is 0 Å². The van der Waals surface area contributed by atoms with Gasteiger partial charge in [-0.05, 0) is 80.3 Å². The fraction of sp³-hybridized carbons (Fsp3) is 0.429. The average molecular weight is 512 g/mol. The number of rotatable bonds is 7. The fourth-order valence-corrected chi connectivity index (χ4v) is 6.00. The summed E-state index contributed by atoms with van der Waals surface area (Å²) in [6.07, 6.45) is 4.67. The molecule has 186 valence electrons. The van der Waals surface area contributed by atoms with Crippen molar-refractivity contribution in [3.8, 4) is 0 Å². The number of halogens is 1. The maximum Gasteiger partial charge on any atom is 0.259 e. The van der Waals surface area contributed by atoms with Crippen LogP contribution in [-0.2, 0) is 12.8 Å². The van der Waals surface area contributed by atoms with Gasteiger partial charge in [-0.25, -0.2) is 4.99 Å². The smallest absolute Gasteiger partial charge is 0.259 e. The van der Waals surface area contributed by atoms with Gasteiger partial charge in [0.25, 0.3) is 5.91 Å². The molecule has 1 aliphatic rings. The van der Waals surface area contributed by atoms with Crippen molar-refractivity contribution in [3.63, 3.8) is 0 Å². The molecule has 5 nitrogen and oxygen atoms in total. The monoisotopic (exact) mass is 511 g/mol. The molecule has 7 heteroatoms. The SMILES string of the molecule is CCN(CC)c1ccc(C=Nc2sc3c(c2C(=O)Nc2ccc(Cl)cc2)CC[C@@H](C(C)(C)C)C3)o1. The largest absolute Gasteiger partial charge is 0.440 e. The van der Waals surface area contributed by atoms with Gasteiger partial charge in [-0.15, -0.1) is 11.3 Å². The van der Waals surface area contributed by atoms with Crippen LogP contribution in [0.1, 0.15) is 67.6 Å². The molecule has 0 spiro atoms. The van der Waals surface area contributed by atoms with E-state index in [4.69, 9.17) is 21.0 Å². The second-order valence-corrected chi connectivity index (χ2v) is 11.6. The molecule has 0 bridgehead atoms. The molecule has 35 heavy (non-hydrogen) atoms. The van der Waals surface area contributed by atoms with Gasteiger partial charge in [0.1, 0.15) is 10.8 Å². The van der Waals surface area contributed by atoms with E-state index < -0.39 is 0 Å². The molecule has 0 fully saturated rings. The van der Waals surface area contributed by atoms with E-state index in [1.54, 1.807) is 29.7 Å². The number of anilines is 2. The number of nitrogens with zero attached hydrogens (tertiary/aromatic N) is 2. The Bertz CT molecular complexity index is 1200. The fourth-order valence-electron chi connectivity index (χ4n) is 4.60. The van der Waals surface area contributed by atoms with Crippen LogP contribution in [0.3, 0.4) is 0 Å². The molecule has 2 aromatic heterocycles. The van der Waals surface area contributed by atoms with Gasteiger partial charge < -0.3 is 14.6 Å². The standard InChI is InChI=1S/C28H34ClN3O2S/c1-6-32(7-2)24-15-13-21(34-24)17-30-27-25(26(33)31-20-11-9-19(29)10-12-20)22-14-8-18(28(3,4)5)16-23(22)35-27/h9-13,15,17-18H,6-8,14,16H2,1-5H3,(H,31,33)/t18-/m1/s1. The zero-order chi connectivity index (χ0) is 25.2. The number of aliphatic imine (C=N–C) groups is 1. The summed E-state index contributed by atoms with van der Waals surface area (Å²) in [5.41, 5.74) is 2.76. The summed E-state index contributed by atoms with van der Waals surface area (Å²) in [4.78, 5) is 21.7. The molecule has 0 saturated carbocycles. The summed E-state index contributed by atoms with van der Waals surface area (Å²) in [7, 11) is 0. The van der Waals surface area contributed by atoms with Gasteiger partial charge in [-0.3, -0.25) is 4.79 Å². The zero-order valence-electron chi connectivity index (χ0n) is 21.2. The number of furan rings is 1. The third-order valence-electron chi connectivity index (χ3n) is 6.80. The molecule has 1 aromatic carbocycles. The van der Waals surface area contributed by atoms with Crippen LogP contribution < -0.4 is 10.2 Å². The highest BCUT2D eigenvalue weighted by molar-refractivity contribution is 7.16. The van der Waals surface area contributed by atoms with Gasteiger partial charge in [0.05, 0.1) is 11.8 Å². The van der Waals surface area contributed by atoms with Crippen LogP contribution in [0.15, 0.2) is 45.8 Å². The van der Waals surface area contributed by atoms with Crippen LogP contribution in [0.5, 0.6) is 0 Å². The molecule has 2 heterocycles. The van der Waals surface area contributed by atoms with E-state index in [1.165, 1.54) is 4.88 Å². The van der Waals surface area contributed by atoms with Crippen LogP contribution >= 0.6 is 22.9 Å². The Kier molecular flexibility index (Phi) is 7.72. The lowest BCUT2D eigenvalue weighted by atomic mass is 9.72. The Balaban J connectivity index is 1.66. The number of carbonyl (C=O) groups excluding carboxylic acids is 1. The maximum atomic E-state index is 13.5. The van der Waals surface area contributed by atoms with Crippen molar-refractivity contribution in [1.29, 1.82) is 0 Å². The van der Waals surface area contributed by atoms with Crippen molar-refractivity contribution < 1.29 is 9.21 Å². The van der Waals surface area contributed by atoms with Crippen molar-refractivity contribution in [3.05, 3.63) is 63.2 Å². The van der Waals surface area contributed by atoms with Gasteiger partial charge in [-0.1, -0.05) is 32.4 Å². The molecule has 3 aromatic rings. The summed E-state index contributed by atoms with van der Waals surface area (Å²) in [6.45, 7) is 12.9. The summed E-state index contributed by atoms with van der Waals surface area (Å²) < 4.78 is 5.99. The van der Waals surface area contributed by atoms with Crippen molar-refractivity contribution in [2.24, 2.45) is 16.3 Å². The molecule has 4 rings (SSSR count). The van der Waals surface area contributed by atoms with E-state index in [2.05, 4.69) is 44.8 Å². The lowest BCUT2D eigenvalue weighted by Crippen LogP contribution is -2.27. The van der Waals surface area contributed by atoms with E-state index >= 15 is 0 Å². The van der Waals surface area contributed by atoms with Crippen LogP contribution in [-0.4, -0.2) is 25.2 Å². The quantitative estimate of drug-likeness (QED) is 0.327. The van der Waals surface area contributed by atoms with E-state index in [1.807, 2.05) is 24.3 Å². The highest BCUT2D eigenvalue weighted by Gasteiger charge is 2.33. The minimum absolute atomic E-state index is 0.130. The lowest BCUT2D eigenvalue weighted by Gasteiger charge is -2.33. The average Bonchev–Trinajstić information content (AvgIpc) is 3.43. The zero-order valence-corrected chi connectivity index (χ0v) is 22.7. The van der Waals surface area contributed by atoms with Crippen molar-refractivity contribution >= 4 is 51.6 Å². The van der Waals surface area contributed by atoms with Gasteiger partial charge >= 0.3 is 0 Å². The highest BCUT2D eigenvalue weighted by atomic mass is 35.5. The van der Waals surface area contributed by atoms with E-state index in [0.29, 0.717) is 28.0 Å². The molecule has 0 aliphatic heterocycles. The molecule has 1 amide bonds. The van der Waals surface area contributed by atoms with Crippen molar-refractivity contribution in [2.75, 3.05) is 23.3 Å². The molecule has 0 radical (unpaired) electrons. The molecular formula is C28H34ClN3O2S. The Morgan fingerprint density at radius 3 is 2.57 bits per heavy atom. The van der Waals surface area contributed by atoms with Gasteiger partial charge in [-0.2, -0.15) is 0 Å². The van der Waals surface area contributed by atoms with Crippen LogP contribution in [0.2, 0.25) is 5.02 Å². The Morgan fingerprint density at radius 1 is 1.20 bits per heavy atom. The third-order valence-corrected chi connectivity index (χ3v) is 8.21. The number of carbonyl (C=O) groups is 1. The minimum Gasteiger partial charge on any atom is -0.440 e. The molecule has 1 atom stereocenters. The summed E-state index contributed by atoms with van der Waals surface area (Å²) >= 11 is 7.65. The van der Waals surface area contributed by atoms with E-state index in [-0.39, 0.29) is 11.3 Å². The Hall–Kier alpha value is -2.57. The number of hydrogen-bond acceptors (Lipinski definition) is 5. The first-order chi connectivity index (χ1) is 16.7. The predicted octanol–water partition coefficient (Wildman–Crippen LogP) is 7.99. The molecule has 1 aliphatic carbocycles. The predicted molar refractivity (Wildman–Crippen MR) is 148 cm³/mol. The number of thiophene rings is 1. The summed E-state index contributed by atoms with van der Waals surface area (Å²) in [6, 6.07) is 11.1. The Morgan fingerprint density at radius 2 is 1.91 bits per heavy atom. The summed E-state index contributed by atoms with van der Waals surface area (Å²) in [5, 5.41) is 4.41. The molecular weight excluding hydrogens is 478 g/mol. The van der Waals surface area contributed by atoms with Gasteiger partial charge in [0.15, 0.2) is 5.88 Å². The maximum absolute atomic E-state index is 13.5. The number of hydrogen-bond donors (Lipinski definition) is 1. The topological polar surface area (TPSA) is 57.8 Å². The Labute approximate surface area is 217 Å². The van der Waals surface area contributed by atoms with E-state index in [0.717, 1.165) is 48.8 Å².